The molecule has 2 heteroatoms. The first kappa shape index (κ1) is 16.9. The summed E-state index contributed by atoms with van der Waals surface area (Å²) < 4.78 is 5.24. The molecule has 0 aliphatic rings. The lowest BCUT2D eigenvalue weighted by Crippen LogP contribution is -2.13. The Kier molecular flexibility index (Phi) is 5.18. The molecule has 1 nitrogen and oxygen atoms in total. The molecule has 22 heavy (non-hydrogen) atoms. The third kappa shape index (κ3) is 3.84. The highest BCUT2D eigenvalue weighted by Gasteiger charge is 2.21. The molecule has 2 aromatic rings. The van der Waals surface area contributed by atoms with Gasteiger partial charge in [0.2, 0.25) is 0 Å². The van der Waals surface area contributed by atoms with E-state index < -0.39 is 0 Å². The summed E-state index contributed by atoms with van der Waals surface area (Å²) >= 11 is 6.48. The minimum Gasteiger partial charge on any atom is -0.497 e. The van der Waals surface area contributed by atoms with E-state index in [4.69, 9.17) is 16.3 Å². The maximum absolute atomic E-state index is 6.48. The van der Waals surface area contributed by atoms with E-state index >= 15 is 0 Å². The van der Waals surface area contributed by atoms with E-state index in [2.05, 4.69) is 57.2 Å². The van der Waals surface area contributed by atoms with Crippen molar-refractivity contribution in [1.82, 2.24) is 0 Å². The molecule has 0 heterocycles. The molecular formula is C20H25ClO. The first-order chi connectivity index (χ1) is 10.3. The zero-order chi connectivity index (χ0) is 16.3. The quantitative estimate of drug-likeness (QED) is 0.652. The van der Waals surface area contributed by atoms with Crippen molar-refractivity contribution in [2.24, 2.45) is 0 Å². The maximum atomic E-state index is 6.48. The molecule has 0 aliphatic heterocycles. The highest BCUT2D eigenvalue weighted by molar-refractivity contribution is 6.21. The molecule has 2 unspecified atom stereocenters. The van der Waals surface area contributed by atoms with E-state index in [0.29, 0.717) is 0 Å². The van der Waals surface area contributed by atoms with Crippen molar-refractivity contribution in [3.05, 3.63) is 65.2 Å². The second-order valence-electron chi connectivity index (χ2n) is 6.80. The van der Waals surface area contributed by atoms with Gasteiger partial charge in [0.15, 0.2) is 0 Å². The molecule has 0 bridgehead atoms. The van der Waals surface area contributed by atoms with Gasteiger partial charge >= 0.3 is 0 Å². The molecule has 0 radical (unpaired) electrons. The van der Waals surface area contributed by atoms with Crippen molar-refractivity contribution in [1.29, 1.82) is 0 Å². The lowest BCUT2D eigenvalue weighted by Gasteiger charge is -2.23. The second-order valence-corrected chi connectivity index (χ2v) is 7.49. The molecule has 0 aliphatic carbocycles. The average molecular weight is 317 g/mol. The summed E-state index contributed by atoms with van der Waals surface area (Å²) in [6.07, 6.45) is 0. The van der Waals surface area contributed by atoms with Crippen molar-refractivity contribution in [2.75, 3.05) is 7.11 Å². The van der Waals surface area contributed by atoms with E-state index in [1.807, 2.05) is 19.1 Å². The number of hydrogen-bond donors (Lipinski definition) is 0. The fraction of sp³-hybridized carbons (Fsp3) is 0.400. The highest BCUT2D eigenvalue weighted by Crippen LogP contribution is 2.33. The molecule has 0 saturated carbocycles. The van der Waals surface area contributed by atoms with Crippen LogP contribution < -0.4 is 4.74 Å². The molecule has 118 valence electrons. The monoisotopic (exact) mass is 316 g/mol. The minimum absolute atomic E-state index is 0.0221. The van der Waals surface area contributed by atoms with Crippen LogP contribution in [0.3, 0.4) is 0 Å². The summed E-state index contributed by atoms with van der Waals surface area (Å²) in [5, 5.41) is 0.0221. The molecule has 0 fully saturated rings. The van der Waals surface area contributed by atoms with Crippen LogP contribution in [0.25, 0.3) is 0 Å². The zero-order valence-electron chi connectivity index (χ0n) is 14.1. The molecule has 0 aromatic heterocycles. The molecule has 2 aromatic carbocycles. The fourth-order valence-corrected chi connectivity index (χ4v) is 3.02. The fourth-order valence-electron chi connectivity index (χ4n) is 2.72. The van der Waals surface area contributed by atoms with Crippen LogP contribution in [0.5, 0.6) is 5.75 Å². The lowest BCUT2D eigenvalue weighted by molar-refractivity contribution is 0.414. The van der Waals surface area contributed by atoms with Crippen LogP contribution in [0.1, 0.15) is 50.3 Å². The van der Waals surface area contributed by atoms with E-state index in [1.54, 1.807) is 7.11 Å². The van der Waals surface area contributed by atoms with Crippen LogP contribution in [0.15, 0.2) is 48.5 Å². The Bertz CT molecular complexity index is 591. The molecule has 0 amide bonds. The first-order valence-electron chi connectivity index (χ1n) is 7.71. The molecule has 0 spiro atoms. The Labute approximate surface area is 139 Å². The number of halogens is 1. The second kappa shape index (κ2) is 6.75. The van der Waals surface area contributed by atoms with E-state index in [0.717, 1.165) is 5.75 Å². The lowest BCUT2D eigenvalue weighted by atomic mass is 9.83. The van der Waals surface area contributed by atoms with Gasteiger partial charge in [0, 0.05) is 11.3 Å². The summed E-state index contributed by atoms with van der Waals surface area (Å²) in [5.41, 5.74) is 3.97. The van der Waals surface area contributed by atoms with Crippen LogP contribution >= 0.6 is 11.6 Å². The maximum Gasteiger partial charge on any atom is 0.118 e. The summed E-state index contributed by atoms with van der Waals surface area (Å²) in [5.74, 6) is 1.05. The van der Waals surface area contributed by atoms with Crippen molar-refractivity contribution >= 4 is 11.6 Å². The van der Waals surface area contributed by atoms with Gasteiger partial charge < -0.3 is 4.74 Å². The molecule has 0 N–H and O–H groups in total. The number of rotatable bonds is 4. The van der Waals surface area contributed by atoms with Gasteiger partial charge in [-0.15, -0.1) is 11.6 Å². The van der Waals surface area contributed by atoms with Crippen molar-refractivity contribution in [3.8, 4) is 5.75 Å². The highest BCUT2D eigenvalue weighted by atomic mass is 35.5. The summed E-state index contributed by atoms with van der Waals surface area (Å²) in [6.45, 7) is 8.74. The van der Waals surface area contributed by atoms with Crippen molar-refractivity contribution in [2.45, 2.75) is 44.4 Å². The molecule has 2 rings (SSSR count). The van der Waals surface area contributed by atoms with Crippen LogP contribution in [-0.2, 0) is 5.41 Å². The number of methoxy groups -OCH3 is 1. The van der Waals surface area contributed by atoms with Crippen LogP contribution in [0, 0.1) is 0 Å². The Morgan fingerprint density at radius 2 is 1.32 bits per heavy atom. The summed E-state index contributed by atoms with van der Waals surface area (Å²) in [7, 11) is 1.68. The Morgan fingerprint density at radius 3 is 1.68 bits per heavy atom. The zero-order valence-corrected chi connectivity index (χ0v) is 14.8. The van der Waals surface area contributed by atoms with Gasteiger partial charge in [-0.05, 0) is 41.2 Å². The Balaban J connectivity index is 2.35. The number of benzene rings is 2. The van der Waals surface area contributed by atoms with Crippen LogP contribution in [0.2, 0.25) is 0 Å². The van der Waals surface area contributed by atoms with Crippen molar-refractivity contribution in [3.63, 3.8) is 0 Å². The predicted molar refractivity (Wildman–Crippen MR) is 95.3 cm³/mol. The number of ether oxygens (including phenoxy) is 1. The van der Waals surface area contributed by atoms with Gasteiger partial charge in [0.1, 0.15) is 5.75 Å². The first-order valence-corrected chi connectivity index (χ1v) is 8.15. The van der Waals surface area contributed by atoms with Gasteiger partial charge in [0.05, 0.1) is 7.11 Å². The van der Waals surface area contributed by atoms with Gasteiger partial charge in [-0.3, -0.25) is 0 Å². The molecule has 2 atom stereocenters. The predicted octanol–water partition coefficient (Wildman–Crippen LogP) is 5.75. The third-order valence-electron chi connectivity index (χ3n) is 4.07. The minimum atomic E-state index is 0.0221. The van der Waals surface area contributed by atoms with E-state index in [1.165, 1.54) is 16.7 Å². The number of alkyl halides is 1. The normalized spacial score (nSPS) is 14.5. The average Bonchev–Trinajstić information content (AvgIpc) is 2.47. The van der Waals surface area contributed by atoms with E-state index in [-0.39, 0.29) is 16.7 Å². The van der Waals surface area contributed by atoms with Crippen molar-refractivity contribution < 1.29 is 4.74 Å². The largest absolute Gasteiger partial charge is 0.497 e. The van der Waals surface area contributed by atoms with Gasteiger partial charge in [-0.1, -0.05) is 57.2 Å². The standard InChI is InChI=1S/C20H25ClO/c1-14(21)19(16-8-12-18(22-5)13-9-16)15-6-10-17(11-7-15)20(2,3)4/h6-14,19H,1-5H3. The SMILES string of the molecule is COc1ccc(C(c2ccc(C(C)(C)C)cc2)C(C)Cl)cc1. The Hall–Kier alpha value is -1.47. The van der Waals surface area contributed by atoms with Gasteiger partial charge in [0.25, 0.3) is 0 Å². The molecule has 0 saturated heterocycles. The smallest absolute Gasteiger partial charge is 0.118 e. The van der Waals surface area contributed by atoms with E-state index in [9.17, 15) is 0 Å². The molecular weight excluding hydrogens is 292 g/mol. The topological polar surface area (TPSA) is 9.23 Å². The third-order valence-corrected chi connectivity index (χ3v) is 4.32. The Morgan fingerprint density at radius 1 is 0.864 bits per heavy atom. The van der Waals surface area contributed by atoms with Crippen LogP contribution in [0.4, 0.5) is 0 Å². The van der Waals surface area contributed by atoms with Gasteiger partial charge in [-0.2, -0.15) is 0 Å². The van der Waals surface area contributed by atoms with Gasteiger partial charge in [-0.25, -0.2) is 0 Å². The summed E-state index contributed by atoms with van der Waals surface area (Å²) in [4.78, 5) is 0. The summed E-state index contributed by atoms with van der Waals surface area (Å²) in [6, 6.07) is 17.0. The van der Waals surface area contributed by atoms with Crippen LogP contribution in [-0.4, -0.2) is 12.5 Å². The number of hydrogen-bond acceptors (Lipinski definition) is 1.